The van der Waals surface area contributed by atoms with Gasteiger partial charge in [-0.3, -0.25) is 0 Å². The summed E-state index contributed by atoms with van der Waals surface area (Å²) in [6.07, 6.45) is 12.2. The number of benzene rings is 1. The van der Waals surface area contributed by atoms with Gasteiger partial charge in [0.2, 0.25) is 0 Å². The van der Waals surface area contributed by atoms with E-state index in [9.17, 15) is 0 Å². The molecule has 5 heteroatoms. The first-order valence-corrected chi connectivity index (χ1v) is 9.54. The molecule has 2 aromatic heterocycles. The number of piperidine rings is 1. The van der Waals surface area contributed by atoms with Crippen LogP contribution in [-0.2, 0) is 6.54 Å². The minimum Gasteiger partial charge on any atom is -0.331 e. The van der Waals surface area contributed by atoms with Crippen LogP contribution < -0.4 is 0 Å². The molecule has 0 radical (unpaired) electrons. The number of likely N-dealkylation sites (tertiary alicyclic amines) is 1. The van der Waals surface area contributed by atoms with Crippen molar-refractivity contribution < 1.29 is 0 Å². The van der Waals surface area contributed by atoms with Crippen LogP contribution in [0.3, 0.4) is 0 Å². The lowest BCUT2D eigenvalue weighted by Crippen LogP contribution is -2.41. The minimum atomic E-state index is 0.635. The van der Waals surface area contributed by atoms with E-state index in [1.54, 1.807) is 6.20 Å². The SMILES string of the molecule is CC(C)N1CCC[C@H](Cn2ccnc2-c2ccc(-n3ccnc3)cc2)C1. The Kier molecular flexibility index (Phi) is 4.89. The highest BCUT2D eigenvalue weighted by atomic mass is 15.2. The van der Waals surface area contributed by atoms with Crippen molar-refractivity contribution in [1.29, 1.82) is 0 Å². The van der Waals surface area contributed by atoms with Crippen LogP contribution in [0.2, 0.25) is 0 Å². The van der Waals surface area contributed by atoms with Crippen molar-refractivity contribution in [3.8, 4) is 17.1 Å². The van der Waals surface area contributed by atoms with Gasteiger partial charge in [-0.25, -0.2) is 9.97 Å². The molecule has 5 nitrogen and oxygen atoms in total. The van der Waals surface area contributed by atoms with E-state index in [2.05, 4.69) is 63.7 Å². The van der Waals surface area contributed by atoms with E-state index in [1.165, 1.54) is 25.9 Å². The third kappa shape index (κ3) is 3.58. The Hall–Kier alpha value is -2.40. The van der Waals surface area contributed by atoms with Crippen LogP contribution in [0, 0.1) is 5.92 Å². The first-order valence-electron chi connectivity index (χ1n) is 9.54. The zero-order valence-electron chi connectivity index (χ0n) is 15.6. The zero-order chi connectivity index (χ0) is 17.9. The minimum absolute atomic E-state index is 0.635. The van der Waals surface area contributed by atoms with Crippen molar-refractivity contribution >= 4 is 0 Å². The van der Waals surface area contributed by atoms with Crippen molar-refractivity contribution in [3.63, 3.8) is 0 Å². The summed E-state index contributed by atoms with van der Waals surface area (Å²) in [7, 11) is 0. The van der Waals surface area contributed by atoms with Gasteiger partial charge < -0.3 is 14.0 Å². The van der Waals surface area contributed by atoms with E-state index in [1.807, 2.05) is 23.3 Å². The fourth-order valence-electron chi connectivity index (χ4n) is 3.90. The van der Waals surface area contributed by atoms with Crippen molar-refractivity contribution in [2.24, 2.45) is 5.92 Å². The molecule has 0 amide bonds. The molecular formula is C21H27N5. The molecule has 0 bridgehead atoms. The highest BCUT2D eigenvalue weighted by Gasteiger charge is 2.22. The number of hydrogen-bond acceptors (Lipinski definition) is 3. The average Bonchev–Trinajstić information content (AvgIpc) is 3.34. The first kappa shape index (κ1) is 17.0. The summed E-state index contributed by atoms with van der Waals surface area (Å²) < 4.78 is 4.33. The Bertz CT molecular complexity index is 816. The number of nitrogens with zero attached hydrogens (tertiary/aromatic N) is 5. The fraction of sp³-hybridized carbons (Fsp3) is 0.429. The van der Waals surface area contributed by atoms with Crippen LogP contribution >= 0.6 is 0 Å². The van der Waals surface area contributed by atoms with E-state index >= 15 is 0 Å². The van der Waals surface area contributed by atoms with Crippen LogP contribution in [0.1, 0.15) is 26.7 Å². The summed E-state index contributed by atoms with van der Waals surface area (Å²) in [5, 5.41) is 0. The molecule has 3 heterocycles. The maximum atomic E-state index is 4.63. The van der Waals surface area contributed by atoms with Gasteiger partial charge >= 0.3 is 0 Å². The molecule has 26 heavy (non-hydrogen) atoms. The molecule has 1 aliphatic heterocycles. The maximum absolute atomic E-state index is 4.63. The number of aromatic nitrogens is 4. The van der Waals surface area contributed by atoms with Gasteiger partial charge in [0.25, 0.3) is 0 Å². The Morgan fingerprint density at radius 1 is 1.12 bits per heavy atom. The summed E-state index contributed by atoms with van der Waals surface area (Å²) in [4.78, 5) is 11.3. The first-order chi connectivity index (χ1) is 12.7. The summed E-state index contributed by atoms with van der Waals surface area (Å²) in [5.41, 5.74) is 2.28. The third-order valence-corrected chi connectivity index (χ3v) is 5.38. The highest BCUT2D eigenvalue weighted by Crippen LogP contribution is 2.24. The van der Waals surface area contributed by atoms with Crippen LogP contribution in [-0.4, -0.2) is 43.1 Å². The summed E-state index contributed by atoms with van der Waals surface area (Å²) >= 11 is 0. The topological polar surface area (TPSA) is 38.9 Å². The lowest BCUT2D eigenvalue weighted by Gasteiger charge is -2.35. The highest BCUT2D eigenvalue weighted by molar-refractivity contribution is 5.57. The van der Waals surface area contributed by atoms with E-state index in [0.717, 1.165) is 23.6 Å². The molecule has 1 saturated heterocycles. The van der Waals surface area contributed by atoms with E-state index in [-0.39, 0.29) is 0 Å². The smallest absolute Gasteiger partial charge is 0.139 e. The van der Waals surface area contributed by atoms with Crippen molar-refractivity contribution in [2.45, 2.75) is 39.3 Å². The van der Waals surface area contributed by atoms with E-state index in [4.69, 9.17) is 0 Å². The normalized spacial score (nSPS) is 18.5. The predicted molar refractivity (Wildman–Crippen MR) is 104 cm³/mol. The number of hydrogen-bond donors (Lipinski definition) is 0. The van der Waals surface area contributed by atoms with Crippen LogP contribution in [0.4, 0.5) is 0 Å². The molecular weight excluding hydrogens is 322 g/mol. The van der Waals surface area contributed by atoms with Gasteiger partial charge in [0.1, 0.15) is 5.82 Å². The van der Waals surface area contributed by atoms with Gasteiger partial charge in [-0.15, -0.1) is 0 Å². The lowest BCUT2D eigenvalue weighted by molar-refractivity contribution is 0.131. The molecule has 0 aliphatic carbocycles. The molecule has 0 N–H and O–H groups in total. The Morgan fingerprint density at radius 3 is 2.69 bits per heavy atom. The lowest BCUT2D eigenvalue weighted by atomic mass is 9.97. The molecule has 0 saturated carbocycles. The van der Waals surface area contributed by atoms with Crippen molar-refractivity contribution in [2.75, 3.05) is 13.1 Å². The van der Waals surface area contributed by atoms with E-state index in [0.29, 0.717) is 12.0 Å². The second-order valence-corrected chi connectivity index (χ2v) is 7.52. The molecule has 1 aliphatic rings. The van der Waals surface area contributed by atoms with Gasteiger partial charge in [-0.2, -0.15) is 0 Å². The second-order valence-electron chi connectivity index (χ2n) is 7.52. The maximum Gasteiger partial charge on any atom is 0.139 e. The zero-order valence-corrected chi connectivity index (χ0v) is 15.6. The molecule has 1 aromatic carbocycles. The van der Waals surface area contributed by atoms with Gasteiger partial charge in [0, 0.05) is 55.2 Å². The Balaban J connectivity index is 1.50. The van der Waals surface area contributed by atoms with Gasteiger partial charge in [0.05, 0.1) is 6.33 Å². The fourth-order valence-corrected chi connectivity index (χ4v) is 3.90. The standard InChI is InChI=1S/C21H27N5/c1-17(2)24-11-3-4-18(14-24)15-25-13-10-23-21(25)19-5-7-20(8-6-19)26-12-9-22-16-26/h5-10,12-13,16-18H,3-4,11,14-15H2,1-2H3/t18-/m0/s1. The van der Waals surface area contributed by atoms with Gasteiger partial charge in [-0.1, -0.05) is 0 Å². The van der Waals surface area contributed by atoms with Crippen molar-refractivity contribution in [1.82, 2.24) is 24.0 Å². The predicted octanol–water partition coefficient (Wildman–Crippen LogP) is 3.86. The second kappa shape index (κ2) is 7.46. The van der Waals surface area contributed by atoms with Crippen LogP contribution in [0.25, 0.3) is 17.1 Å². The molecule has 1 atom stereocenters. The molecule has 3 aromatic rings. The van der Waals surface area contributed by atoms with Gasteiger partial charge in [0.15, 0.2) is 0 Å². The van der Waals surface area contributed by atoms with Crippen molar-refractivity contribution in [3.05, 3.63) is 55.4 Å². The van der Waals surface area contributed by atoms with Gasteiger partial charge in [-0.05, 0) is 63.4 Å². The largest absolute Gasteiger partial charge is 0.331 e. The summed E-state index contributed by atoms with van der Waals surface area (Å²) in [5.74, 6) is 1.76. The summed E-state index contributed by atoms with van der Waals surface area (Å²) in [6, 6.07) is 9.18. The molecule has 136 valence electrons. The third-order valence-electron chi connectivity index (χ3n) is 5.38. The Morgan fingerprint density at radius 2 is 1.96 bits per heavy atom. The summed E-state index contributed by atoms with van der Waals surface area (Å²) in [6.45, 7) is 8.07. The van der Waals surface area contributed by atoms with Crippen LogP contribution in [0.5, 0.6) is 0 Å². The quantitative estimate of drug-likeness (QED) is 0.702. The monoisotopic (exact) mass is 349 g/mol. The molecule has 0 spiro atoms. The Labute approximate surface area is 155 Å². The molecule has 0 unspecified atom stereocenters. The molecule has 4 rings (SSSR count). The van der Waals surface area contributed by atoms with E-state index < -0.39 is 0 Å². The number of rotatable bonds is 5. The molecule has 1 fully saturated rings. The number of imidazole rings is 2. The van der Waals surface area contributed by atoms with Crippen LogP contribution in [0.15, 0.2) is 55.4 Å². The average molecular weight is 349 g/mol.